The van der Waals surface area contributed by atoms with Crippen LogP contribution in [0.5, 0.6) is 0 Å². The summed E-state index contributed by atoms with van der Waals surface area (Å²) in [6.45, 7) is 8.57. The van der Waals surface area contributed by atoms with Crippen LogP contribution in [0.4, 0.5) is 9.59 Å². The molecule has 2 aromatic rings. The number of amides is 2. The summed E-state index contributed by atoms with van der Waals surface area (Å²) in [6.07, 6.45) is 2.81. The number of piperazine rings is 1. The minimum atomic E-state index is -0.525. The Kier molecular flexibility index (Phi) is 8.52. The van der Waals surface area contributed by atoms with Crippen LogP contribution in [0.1, 0.15) is 63.2 Å². The van der Waals surface area contributed by atoms with Crippen molar-refractivity contribution in [1.82, 2.24) is 15.1 Å². The second kappa shape index (κ2) is 11.8. The van der Waals surface area contributed by atoms with Crippen molar-refractivity contribution < 1.29 is 19.1 Å². The van der Waals surface area contributed by atoms with Crippen LogP contribution in [-0.2, 0) is 9.47 Å². The van der Waals surface area contributed by atoms with Crippen molar-refractivity contribution in [1.29, 1.82) is 0 Å². The molecule has 0 bridgehead atoms. The molecule has 1 saturated carbocycles. The van der Waals surface area contributed by atoms with E-state index in [-0.39, 0.29) is 24.3 Å². The fraction of sp³-hybridized carbons (Fsp3) is 0.517. The van der Waals surface area contributed by atoms with Crippen LogP contribution in [0.25, 0.3) is 0 Å². The third kappa shape index (κ3) is 7.00. The first-order valence-electron chi connectivity index (χ1n) is 13.1. The first kappa shape index (κ1) is 26.0. The molecule has 36 heavy (non-hydrogen) atoms. The molecule has 2 aromatic carbocycles. The molecule has 1 aliphatic heterocycles. The molecule has 0 radical (unpaired) electrons. The van der Waals surface area contributed by atoms with Crippen molar-refractivity contribution in [3.8, 4) is 0 Å². The Morgan fingerprint density at radius 3 is 2.03 bits per heavy atom. The zero-order valence-corrected chi connectivity index (χ0v) is 21.7. The van der Waals surface area contributed by atoms with Gasteiger partial charge < -0.3 is 19.7 Å². The van der Waals surface area contributed by atoms with E-state index >= 15 is 0 Å². The van der Waals surface area contributed by atoms with Gasteiger partial charge >= 0.3 is 12.2 Å². The third-order valence-corrected chi connectivity index (χ3v) is 6.92. The van der Waals surface area contributed by atoms with E-state index in [1.54, 1.807) is 4.90 Å². The molecular weight excluding hydrogens is 454 g/mol. The smallest absolute Gasteiger partial charge is 0.410 e. The van der Waals surface area contributed by atoms with Gasteiger partial charge in [-0.3, -0.25) is 4.90 Å². The second-order valence-electron chi connectivity index (χ2n) is 10.8. The Morgan fingerprint density at radius 1 is 0.917 bits per heavy atom. The van der Waals surface area contributed by atoms with E-state index < -0.39 is 5.60 Å². The lowest BCUT2D eigenvalue weighted by Gasteiger charge is -2.42. The summed E-state index contributed by atoms with van der Waals surface area (Å²) >= 11 is 0. The van der Waals surface area contributed by atoms with Crippen LogP contribution in [0.15, 0.2) is 60.7 Å². The Labute approximate surface area is 214 Å². The maximum Gasteiger partial charge on any atom is 0.410 e. The molecule has 2 aliphatic rings. The van der Waals surface area contributed by atoms with E-state index in [1.807, 2.05) is 69.3 Å². The number of alkyl carbamates (subject to hydrolysis) is 1. The zero-order chi connectivity index (χ0) is 25.5. The van der Waals surface area contributed by atoms with Crippen LogP contribution in [-0.4, -0.2) is 60.4 Å². The van der Waals surface area contributed by atoms with Gasteiger partial charge in [0.05, 0.1) is 18.7 Å². The number of carbonyl (C=O) groups excluding carboxylic acids is 2. The van der Waals surface area contributed by atoms with E-state index in [2.05, 4.69) is 22.3 Å². The summed E-state index contributed by atoms with van der Waals surface area (Å²) in [7, 11) is 0. The number of benzene rings is 2. The van der Waals surface area contributed by atoms with Gasteiger partial charge in [0, 0.05) is 26.2 Å². The third-order valence-electron chi connectivity index (χ3n) is 6.92. The second-order valence-corrected chi connectivity index (χ2v) is 10.8. The molecule has 1 aliphatic carbocycles. The lowest BCUT2D eigenvalue weighted by Crippen LogP contribution is -2.53. The van der Waals surface area contributed by atoms with Gasteiger partial charge in [-0.2, -0.15) is 0 Å². The molecule has 4 rings (SSSR count). The summed E-state index contributed by atoms with van der Waals surface area (Å²) in [6, 6.07) is 19.9. The summed E-state index contributed by atoms with van der Waals surface area (Å²) < 4.78 is 11.2. The van der Waals surface area contributed by atoms with Crippen LogP contribution >= 0.6 is 0 Å². The summed E-state index contributed by atoms with van der Waals surface area (Å²) in [5.74, 6) is 0.483. The maximum absolute atomic E-state index is 12.9. The Balaban J connectivity index is 1.54. The van der Waals surface area contributed by atoms with Crippen molar-refractivity contribution in [2.45, 2.75) is 57.7 Å². The first-order valence-corrected chi connectivity index (χ1v) is 13.1. The minimum Gasteiger partial charge on any atom is -0.449 e. The lowest BCUT2D eigenvalue weighted by molar-refractivity contribution is 0.00772. The highest BCUT2D eigenvalue weighted by Gasteiger charge is 2.35. The van der Waals surface area contributed by atoms with Gasteiger partial charge in [0.25, 0.3) is 0 Å². The van der Waals surface area contributed by atoms with Crippen LogP contribution in [0.3, 0.4) is 0 Å². The zero-order valence-electron chi connectivity index (χ0n) is 21.7. The fourth-order valence-electron chi connectivity index (χ4n) is 4.80. The first-order chi connectivity index (χ1) is 17.3. The molecular formula is C29H39N3O4. The Hall–Kier alpha value is -3.06. The lowest BCUT2D eigenvalue weighted by atomic mass is 9.86. The topological polar surface area (TPSA) is 71.1 Å². The molecule has 1 saturated heterocycles. The van der Waals surface area contributed by atoms with Crippen LogP contribution in [0, 0.1) is 5.92 Å². The quantitative estimate of drug-likeness (QED) is 0.548. The number of nitrogens with zero attached hydrogens (tertiary/aromatic N) is 2. The number of hydrogen-bond donors (Lipinski definition) is 1. The highest BCUT2D eigenvalue weighted by molar-refractivity contribution is 5.69. The average Bonchev–Trinajstić information content (AvgIpc) is 2.83. The van der Waals surface area contributed by atoms with Gasteiger partial charge in [-0.1, -0.05) is 67.1 Å². The van der Waals surface area contributed by atoms with Crippen molar-refractivity contribution in [2.24, 2.45) is 5.92 Å². The molecule has 7 nitrogen and oxygen atoms in total. The molecule has 1 heterocycles. The van der Waals surface area contributed by atoms with E-state index in [4.69, 9.17) is 9.47 Å². The van der Waals surface area contributed by atoms with E-state index in [9.17, 15) is 9.59 Å². The normalized spacial score (nSPS) is 18.6. The Morgan fingerprint density at radius 2 is 1.50 bits per heavy atom. The largest absolute Gasteiger partial charge is 0.449 e. The van der Waals surface area contributed by atoms with Crippen molar-refractivity contribution >= 4 is 12.2 Å². The fourth-order valence-corrected chi connectivity index (χ4v) is 4.80. The van der Waals surface area contributed by atoms with Gasteiger partial charge in [-0.05, 0) is 50.7 Å². The molecule has 2 atom stereocenters. The predicted octanol–water partition coefficient (Wildman–Crippen LogP) is 5.55. The standard InChI is InChI=1S/C29H39N3O4/c1-29(2,3)36-28(34)32-19-17-31(18-20-32)26(24-15-8-5-9-16-24)25(23-13-6-4-7-14-23)30-27(33)35-21-22-11-10-12-22/h4-9,13-16,22,25-26H,10-12,17-21H2,1-3H3,(H,30,33). The molecule has 1 N–H and O–H groups in total. The van der Waals surface area contributed by atoms with Gasteiger partial charge in [0.15, 0.2) is 0 Å². The number of carbonyl (C=O) groups is 2. The highest BCUT2D eigenvalue weighted by atomic mass is 16.6. The van der Waals surface area contributed by atoms with E-state index in [0.717, 1.165) is 24.0 Å². The van der Waals surface area contributed by atoms with Crippen LogP contribution in [0.2, 0.25) is 0 Å². The monoisotopic (exact) mass is 493 g/mol. The van der Waals surface area contributed by atoms with Crippen molar-refractivity contribution in [2.75, 3.05) is 32.8 Å². The predicted molar refractivity (Wildman–Crippen MR) is 140 cm³/mol. The highest BCUT2D eigenvalue weighted by Crippen LogP contribution is 2.35. The minimum absolute atomic E-state index is 0.120. The van der Waals surface area contributed by atoms with Gasteiger partial charge in [-0.15, -0.1) is 0 Å². The van der Waals surface area contributed by atoms with Gasteiger partial charge in [0.1, 0.15) is 5.60 Å². The van der Waals surface area contributed by atoms with E-state index in [0.29, 0.717) is 38.7 Å². The number of ether oxygens (including phenoxy) is 2. The molecule has 2 fully saturated rings. The Bertz CT molecular complexity index is 981. The molecule has 0 aromatic heterocycles. The molecule has 2 amide bonds. The molecule has 2 unspecified atom stereocenters. The molecule has 0 spiro atoms. The van der Waals surface area contributed by atoms with Crippen molar-refractivity contribution in [3.05, 3.63) is 71.8 Å². The van der Waals surface area contributed by atoms with E-state index in [1.165, 1.54) is 6.42 Å². The van der Waals surface area contributed by atoms with Crippen LogP contribution < -0.4 is 5.32 Å². The summed E-state index contributed by atoms with van der Waals surface area (Å²) in [4.78, 5) is 29.7. The SMILES string of the molecule is CC(C)(C)OC(=O)N1CCN(C(c2ccccc2)C(NC(=O)OCC2CCC2)c2ccccc2)CC1. The van der Waals surface area contributed by atoms with Gasteiger partial charge in [0.2, 0.25) is 0 Å². The molecule has 7 heteroatoms. The maximum atomic E-state index is 12.9. The number of rotatable bonds is 7. The van der Waals surface area contributed by atoms with Crippen molar-refractivity contribution in [3.63, 3.8) is 0 Å². The number of hydrogen-bond acceptors (Lipinski definition) is 5. The summed E-state index contributed by atoms with van der Waals surface area (Å²) in [5, 5.41) is 3.19. The summed E-state index contributed by atoms with van der Waals surface area (Å²) in [5.41, 5.74) is 1.60. The number of nitrogens with one attached hydrogen (secondary N) is 1. The molecule has 194 valence electrons. The van der Waals surface area contributed by atoms with Gasteiger partial charge in [-0.25, -0.2) is 9.59 Å². The average molecular weight is 494 g/mol.